The zero-order valence-corrected chi connectivity index (χ0v) is 9.47. The summed E-state index contributed by atoms with van der Waals surface area (Å²) in [6, 6.07) is 14.5. The summed E-state index contributed by atoms with van der Waals surface area (Å²) in [5, 5.41) is 11.5. The normalized spacial score (nSPS) is 23.3. The quantitative estimate of drug-likeness (QED) is 0.851. The summed E-state index contributed by atoms with van der Waals surface area (Å²) in [5.74, 6) is -0.636. The van der Waals surface area contributed by atoms with Crippen LogP contribution in [0, 0.1) is 5.92 Å². The van der Waals surface area contributed by atoms with Crippen LogP contribution in [0.5, 0.6) is 0 Å². The Morgan fingerprint density at radius 3 is 2.47 bits per heavy atom. The average Bonchev–Trinajstić information content (AvgIpc) is 2.26. The van der Waals surface area contributed by atoms with Crippen LogP contribution in [0.2, 0.25) is 0 Å². The molecule has 0 spiro atoms. The average molecular weight is 226 g/mol. The molecule has 2 heteroatoms. The molecule has 1 fully saturated rings. The van der Waals surface area contributed by atoms with E-state index in [1.165, 1.54) is 16.3 Å². The number of rotatable bonds is 2. The number of aliphatic carboxylic acids is 1. The van der Waals surface area contributed by atoms with Crippen molar-refractivity contribution in [3.63, 3.8) is 0 Å². The topological polar surface area (TPSA) is 37.3 Å². The molecule has 0 bridgehead atoms. The van der Waals surface area contributed by atoms with E-state index in [9.17, 15) is 4.79 Å². The Morgan fingerprint density at radius 2 is 1.82 bits per heavy atom. The van der Waals surface area contributed by atoms with Crippen molar-refractivity contribution in [1.29, 1.82) is 0 Å². The Balaban J connectivity index is 1.98. The number of hydrogen-bond acceptors (Lipinski definition) is 1. The van der Waals surface area contributed by atoms with Crippen molar-refractivity contribution < 1.29 is 9.90 Å². The smallest absolute Gasteiger partial charge is 0.307 e. The molecular formula is C15H14O2. The predicted octanol–water partition coefficient (Wildman–Crippen LogP) is 3.42. The highest BCUT2D eigenvalue weighted by Crippen LogP contribution is 2.43. The van der Waals surface area contributed by atoms with E-state index < -0.39 is 5.97 Å². The Morgan fingerprint density at radius 1 is 1.06 bits per heavy atom. The van der Waals surface area contributed by atoms with Crippen LogP contribution in [0.3, 0.4) is 0 Å². The molecule has 2 aromatic rings. The minimum atomic E-state index is -0.658. The SMILES string of the molecule is O=C(O)C1CCC1c1ccc2ccccc2c1. The van der Waals surface area contributed by atoms with Gasteiger partial charge in [0.05, 0.1) is 5.92 Å². The van der Waals surface area contributed by atoms with Crippen molar-refractivity contribution in [2.45, 2.75) is 18.8 Å². The van der Waals surface area contributed by atoms with Crippen LogP contribution in [0.25, 0.3) is 10.8 Å². The molecule has 1 N–H and O–H groups in total. The third-order valence-electron chi connectivity index (χ3n) is 3.79. The van der Waals surface area contributed by atoms with Gasteiger partial charge < -0.3 is 5.11 Å². The molecule has 1 saturated carbocycles. The summed E-state index contributed by atoms with van der Waals surface area (Å²) in [6.45, 7) is 0. The van der Waals surface area contributed by atoms with Crippen LogP contribution >= 0.6 is 0 Å². The van der Waals surface area contributed by atoms with Gasteiger partial charge in [-0.2, -0.15) is 0 Å². The maximum Gasteiger partial charge on any atom is 0.307 e. The third kappa shape index (κ3) is 1.70. The zero-order valence-electron chi connectivity index (χ0n) is 9.47. The third-order valence-corrected chi connectivity index (χ3v) is 3.79. The molecule has 1 aliphatic carbocycles. The Kier molecular flexibility index (Phi) is 2.36. The molecule has 1 aliphatic rings. The van der Waals surface area contributed by atoms with Gasteiger partial charge in [0.1, 0.15) is 0 Å². The molecule has 2 aromatic carbocycles. The van der Waals surface area contributed by atoms with Crippen molar-refractivity contribution >= 4 is 16.7 Å². The van der Waals surface area contributed by atoms with E-state index in [-0.39, 0.29) is 11.8 Å². The van der Waals surface area contributed by atoms with Gasteiger partial charge in [0.25, 0.3) is 0 Å². The van der Waals surface area contributed by atoms with E-state index in [4.69, 9.17) is 5.11 Å². The second-order valence-electron chi connectivity index (χ2n) is 4.74. The lowest BCUT2D eigenvalue weighted by Crippen LogP contribution is -2.30. The first kappa shape index (κ1) is 10.3. The van der Waals surface area contributed by atoms with Crippen molar-refractivity contribution in [2.75, 3.05) is 0 Å². The van der Waals surface area contributed by atoms with Gasteiger partial charge in [-0.1, -0.05) is 42.5 Å². The summed E-state index contributed by atoms with van der Waals surface area (Å²) in [6.07, 6.45) is 1.81. The second kappa shape index (κ2) is 3.88. The number of carbonyl (C=O) groups is 1. The molecule has 2 unspecified atom stereocenters. The van der Waals surface area contributed by atoms with E-state index in [1.807, 2.05) is 12.1 Å². The standard InChI is InChI=1S/C15H14O2/c16-15(17)14-8-7-13(14)12-6-5-10-3-1-2-4-11(10)9-12/h1-6,9,13-14H,7-8H2,(H,16,17). The van der Waals surface area contributed by atoms with E-state index in [0.717, 1.165) is 12.8 Å². The van der Waals surface area contributed by atoms with Gasteiger partial charge in [-0.05, 0) is 35.1 Å². The summed E-state index contributed by atoms with van der Waals surface area (Å²) < 4.78 is 0. The first-order chi connectivity index (χ1) is 8.25. The first-order valence-electron chi connectivity index (χ1n) is 5.97. The highest BCUT2D eigenvalue weighted by atomic mass is 16.4. The lowest BCUT2D eigenvalue weighted by Gasteiger charge is -2.33. The van der Waals surface area contributed by atoms with Crippen molar-refractivity contribution in [3.05, 3.63) is 48.0 Å². The molecular weight excluding hydrogens is 212 g/mol. The lowest BCUT2D eigenvalue weighted by atomic mass is 9.70. The molecule has 0 saturated heterocycles. The molecule has 2 nitrogen and oxygen atoms in total. The van der Waals surface area contributed by atoms with Crippen molar-refractivity contribution in [3.8, 4) is 0 Å². The molecule has 3 rings (SSSR count). The molecule has 0 amide bonds. The predicted molar refractivity (Wildman–Crippen MR) is 67.0 cm³/mol. The van der Waals surface area contributed by atoms with E-state index in [1.54, 1.807) is 0 Å². The van der Waals surface area contributed by atoms with Crippen LogP contribution in [0.15, 0.2) is 42.5 Å². The fourth-order valence-electron chi connectivity index (χ4n) is 2.63. The fourth-order valence-corrected chi connectivity index (χ4v) is 2.63. The molecule has 0 aliphatic heterocycles. The molecule has 86 valence electrons. The van der Waals surface area contributed by atoms with E-state index >= 15 is 0 Å². The second-order valence-corrected chi connectivity index (χ2v) is 4.74. The zero-order chi connectivity index (χ0) is 11.8. The maximum absolute atomic E-state index is 11.0. The first-order valence-corrected chi connectivity index (χ1v) is 5.97. The van der Waals surface area contributed by atoms with Crippen LogP contribution in [0.4, 0.5) is 0 Å². The van der Waals surface area contributed by atoms with E-state index in [2.05, 4.69) is 30.3 Å². The van der Waals surface area contributed by atoms with Crippen LogP contribution in [0.1, 0.15) is 24.3 Å². The number of fused-ring (bicyclic) bond motifs is 1. The van der Waals surface area contributed by atoms with Crippen LogP contribution in [-0.4, -0.2) is 11.1 Å². The monoisotopic (exact) mass is 226 g/mol. The summed E-state index contributed by atoms with van der Waals surface area (Å²) in [7, 11) is 0. The molecule has 0 heterocycles. The number of carboxylic acid groups (broad SMARTS) is 1. The number of benzene rings is 2. The summed E-state index contributed by atoms with van der Waals surface area (Å²) in [4.78, 5) is 11.0. The highest BCUT2D eigenvalue weighted by molar-refractivity contribution is 5.83. The Hall–Kier alpha value is -1.83. The van der Waals surface area contributed by atoms with Gasteiger partial charge in [-0.3, -0.25) is 4.79 Å². The van der Waals surface area contributed by atoms with Gasteiger partial charge in [0.15, 0.2) is 0 Å². The minimum absolute atomic E-state index is 0.184. The summed E-state index contributed by atoms with van der Waals surface area (Å²) in [5.41, 5.74) is 1.17. The summed E-state index contributed by atoms with van der Waals surface area (Å²) >= 11 is 0. The molecule has 0 aromatic heterocycles. The van der Waals surface area contributed by atoms with Crippen molar-refractivity contribution in [1.82, 2.24) is 0 Å². The van der Waals surface area contributed by atoms with Crippen LogP contribution in [-0.2, 0) is 4.79 Å². The highest BCUT2D eigenvalue weighted by Gasteiger charge is 2.37. The minimum Gasteiger partial charge on any atom is -0.481 e. The molecule has 2 atom stereocenters. The van der Waals surface area contributed by atoms with E-state index in [0.29, 0.717) is 0 Å². The van der Waals surface area contributed by atoms with Gasteiger partial charge in [-0.15, -0.1) is 0 Å². The Labute approximate surface area is 99.9 Å². The van der Waals surface area contributed by atoms with Crippen molar-refractivity contribution in [2.24, 2.45) is 5.92 Å². The van der Waals surface area contributed by atoms with Crippen LogP contribution < -0.4 is 0 Å². The number of carboxylic acids is 1. The van der Waals surface area contributed by atoms with Gasteiger partial charge in [0.2, 0.25) is 0 Å². The maximum atomic E-state index is 11.0. The largest absolute Gasteiger partial charge is 0.481 e. The Bertz CT molecular complexity index is 574. The fraction of sp³-hybridized carbons (Fsp3) is 0.267. The lowest BCUT2D eigenvalue weighted by molar-refractivity contribution is -0.145. The van der Waals surface area contributed by atoms with Gasteiger partial charge in [-0.25, -0.2) is 0 Å². The molecule has 17 heavy (non-hydrogen) atoms. The number of hydrogen-bond donors (Lipinski definition) is 1. The molecule has 0 radical (unpaired) electrons. The van der Waals surface area contributed by atoms with Gasteiger partial charge in [0, 0.05) is 0 Å². The van der Waals surface area contributed by atoms with Gasteiger partial charge >= 0.3 is 5.97 Å².